The van der Waals surface area contributed by atoms with Gasteiger partial charge < -0.3 is 5.32 Å². The van der Waals surface area contributed by atoms with E-state index in [-0.39, 0.29) is 0 Å². The van der Waals surface area contributed by atoms with Crippen molar-refractivity contribution in [3.8, 4) is 17.3 Å². The minimum absolute atomic E-state index is 0.414. The van der Waals surface area contributed by atoms with Crippen molar-refractivity contribution in [3.05, 3.63) is 35.4 Å². The summed E-state index contributed by atoms with van der Waals surface area (Å²) in [6.07, 6.45) is 6.72. The van der Waals surface area contributed by atoms with Crippen molar-refractivity contribution in [2.75, 3.05) is 11.6 Å². The van der Waals surface area contributed by atoms with E-state index in [1.807, 2.05) is 30.5 Å². The number of nitrogens with zero attached hydrogens (tertiary/aromatic N) is 3. The van der Waals surface area contributed by atoms with Crippen LogP contribution < -0.4 is 5.32 Å². The lowest BCUT2D eigenvalue weighted by atomic mass is 10.1. The highest BCUT2D eigenvalue weighted by atomic mass is 32.2. The van der Waals surface area contributed by atoms with Crippen molar-refractivity contribution in [1.29, 1.82) is 5.26 Å². The Morgan fingerprint density at radius 1 is 1.17 bits per heavy atom. The van der Waals surface area contributed by atoms with Crippen LogP contribution in [0.2, 0.25) is 0 Å². The Labute approximate surface area is 141 Å². The van der Waals surface area contributed by atoms with Gasteiger partial charge in [0.1, 0.15) is 17.5 Å². The molecule has 1 aliphatic carbocycles. The van der Waals surface area contributed by atoms with E-state index in [9.17, 15) is 5.26 Å². The summed E-state index contributed by atoms with van der Waals surface area (Å²) >= 11 is 1.50. The van der Waals surface area contributed by atoms with Crippen molar-refractivity contribution in [2.45, 2.75) is 43.8 Å². The first kappa shape index (κ1) is 15.8. The molecule has 0 radical (unpaired) electrons. The second-order valence-electron chi connectivity index (χ2n) is 5.89. The molecular formula is C18H20N4S. The predicted octanol–water partition coefficient (Wildman–Crippen LogP) is 4.40. The Hall–Kier alpha value is -2.06. The van der Waals surface area contributed by atoms with Gasteiger partial charge >= 0.3 is 0 Å². The van der Waals surface area contributed by atoms with Gasteiger partial charge in [0.05, 0.1) is 5.69 Å². The summed E-state index contributed by atoms with van der Waals surface area (Å²) in [5.74, 6) is 0.675. The topological polar surface area (TPSA) is 61.6 Å². The van der Waals surface area contributed by atoms with Crippen molar-refractivity contribution in [2.24, 2.45) is 0 Å². The molecule has 0 bridgehead atoms. The molecule has 1 heterocycles. The first-order chi connectivity index (χ1) is 11.2. The Morgan fingerprint density at radius 2 is 1.87 bits per heavy atom. The molecule has 118 valence electrons. The number of benzene rings is 1. The monoisotopic (exact) mass is 324 g/mol. The zero-order valence-corrected chi connectivity index (χ0v) is 14.3. The third kappa shape index (κ3) is 3.48. The molecule has 0 spiro atoms. The summed E-state index contributed by atoms with van der Waals surface area (Å²) in [5.41, 5.74) is 3.40. The fourth-order valence-electron chi connectivity index (χ4n) is 2.93. The second-order valence-corrected chi connectivity index (χ2v) is 6.66. The third-order valence-electron chi connectivity index (χ3n) is 4.20. The number of rotatable bonds is 4. The number of thioether (sulfide) groups is 1. The SMILES string of the molecule is CSc1nc(NC2CCCC2)c(C#N)c(-c2ccc(C)cc2)n1. The average molecular weight is 324 g/mol. The van der Waals surface area contributed by atoms with Gasteiger partial charge in [-0.2, -0.15) is 5.26 Å². The van der Waals surface area contributed by atoms with Gasteiger partial charge in [0.25, 0.3) is 0 Å². The maximum Gasteiger partial charge on any atom is 0.189 e. The summed E-state index contributed by atoms with van der Waals surface area (Å²) in [7, 11) is 0. The van der Waals surface area contributed by atoms with E-state index in [1.54, 1.807) is 0 Å². The molecule has 0 aliphatic heterocycles. The van der Waals surface area contributed by atoms with E-state index >= 15 is 0 Å². The smallest absolute Gasteiger partial charge is 0.189 e. The highest BCUT2D eigenvalue weighted by molar-refractivity contribution is 7.98. The third-order valence-corrected chi connectivity index (χ3v) is 4.75. The van der Waals surface area contributed by atoms with Gasteiger partial charge in [-0.25, -0.2) is 9.97 Å². The number of aryl methyl sites for hydroxylation is 1. The van der Waals surface area contributed by atoms with Crippen LogP contribution in [0.1, 0.15) is 36.8 Å². The molecule has 0 atom stereocenters. The molecule has 4 nitrogen and oxygen atoms in total. The largest absolute Gasteiger partial charge is 0.366 e. The molecule has 23 heavy (non-hydrogen) atoms. The summed E-state index contributed by atoms with van der Waals surface area (Å²) in [5, 5.41) is 13.8. The van der Waals surface area contributed by atoms with Gasteiger partial charge in [0.2, 0.25) is 0 Å². The molecule has 0 amide bonds. The number of hydrogen-bond donors (Lipinski definition) is 1. The van der Waals surface area contributed by atoms with Gasteiger partial charge in [0, 0.05) is 11.6 Å². The van der Waals surface area contributed by atoms with E-state index < -0.39 is 0 Å². The molecule has 0 saturated heterocycles. The Bertz CT molecular complexity index is 728. The maximum atomic E-state index is 9.68. The van der Waals surface area contributed by atoms with E-state index in [1.165, 1.54) is 30.2 Å². The van der Waals surface area contributed by atoms with Crippen LogP contribution in [0.5, 0.6) is 0 Å². The normalized spacial score (nSPS) is 14.7. The molecular weight excluding hydrogens is 304 g/mol. The lowest BCUT2D eigenvalue weighted by Crippen LogP contribution is -2.17. The van der Waals surface area contributed by atoms with Gasteiger partial charge in [-0.1, -0.05) is 54.4 Å². The summed E-state index contributed by atoms with van der Waals surface area (Å²) in [4.78, 5) is 9.13. The Kier molecular flexibility index (Phi) is 4.82. The van der Waals surface area contributed by atoms with Crippen LogP contribution in [0.25, 0.3) is 11.3 Å². The van der Waals surface area contributed by atoms with Gasteiger partial charge in [-0.3, -0.25) is 0 Å². The second kappa shape index (κ2) is 7.01. The molecule has 1 aliphatic rings. The highest BCUT2D eigenvalue weighted by Gasteiger charge is 2.20. The fraction of sp³-hybridized carbons (Fsp3) is 0.389. The van der Waals surface area contributed by atoms with E-state index in [0.29, 0.717) is 28.3 Å². The number of nitrogens with one attached hydrogen (secondary N) is 1. The number of anilines is 1. The summed E-state index contributed by atoms with van der Waals surface area (Å²) < 4.78 is 0. The van der Waals surface area contributed by atoms with Crippen LogP contribution in [-0.4, -0.2) is 22.3 Å². The van der Waals surface area contributed by atoms with Gasteiger partial charge in [-0.15, -0.1) is 0 Å². The zero-order valence-electron chi connectivity index (χ0n) is 13.5. The number of aromatic nitrogens is 2. The maximum absolute atomic E-state index is 9.68. The highest BCUT2D eigenvalue weighted by Crippen LogP contribution is 2.30. The molecule has 1 saturated carbocycles. The van der Waals surface area contributed by atoms with E-state index in [4.69, 9.17) is 0 Å². The zero-order chi connectivity index (χ0) is 16.2. The van der Waals surface area contributed by atoms with Crippen LogP contribution in [0.4, 0.5) is 5.82 Å². The van der Waals surface area contributed by atoms with Crippen LogP contribution in [0.3, 0.4) is 0 Å². The quantitative estimate of drug-likeness (QED) is 0.667. The molecule has 5 heteroatoms. The fourth-order valence-corrected chi connectivity index (χ4v) is 3.29. The first-order valence-corrected chi connectivity index (χ1v) is 9.13. The van der Waals surface area contributed by atoms with Crippen molar-refractivity contribution in [1.82, 2.24) is 9.97 Å². The van der Waals surface area contributed by atoms with E-state index in [2.05, 4.69) is 28.3 Å². The summed E-state index contributed by atoms with van der Waals surface area (Å²) in [6.45, 7) is 2.05. The van der Waals surface area contributed by atoms with Crippen molar-refractivity contribution >= 4 is 17.6 Å². The Morgan fingerprint density at radius 3 is 2.48 bits per heavy atom. The minimum atomic E-state index is 0.414. The van der Waals surface area contributed by atoms with Crippen LogP contribution in [0.15, 0.2) is 29.4 Å². The minimum Gasteiger partial charge on any atom is -0.366 e. The van der Waals surface area contributed by atoms with Gasteiger partial charge in [0.15, 0.2) is 5.16 Å². The lowest BCUT2D eigenvalue weighted by molar-refractivity contribution is 0.745. The molecule has 1 aromatic heterocycles. The molecule has 1 N–H and O–H groups in total. The molecule has 1 fully saturated rings. The summed E-state index contributed by atoms with van der Waals surface area (Å²) in [6, 6.07) is 10.8. The van der Waals surface area contributed by atoms with Crippen molar-refractivity contribution < 1.29 is 0 Å². The average Bonchev–Trinajstić information content (AvgIpc) is 3.08. The standard InChI is InChI=1S/C18H20N4S/c1-12-7-9-13(10-8-12)16-15(11-19)17(22-18(21-16)23-2)20-14-5-3-4-6-14/h7-10,14H,3-6H2,1-2H3,(H,20,21,22). The lowest BCUT2D eigenvalue weighted by Gasteiger charge is -2.16. The number of nitriles is 1. The van der Waals surface area contributed by atoms with Crippen molar-refractivity contribution in [3.63, 3.8) is 0 Å². The Balaban J connectivity index is 2.06. The molecule has 3 rings (SSSR count). The van der Waals surface area contributed by atoms with E-state index in [0.717, 1.165) is 18.4 Å². The predicted molar refractivity (Wildman–Crippen MR) is 94.6 cm³/mol. The number of hydrogen-bond acceptors (Lipinski definition) is 5. The molecule has 2 aromatic rings. The van der Waals surface area contributed by atoms with Crippen LogP contribution in [0, 0.1) is 18.3 Å². The van der Waals surface area contributed by atoms with Crippen LogP contribution in [-0.2, 0) is 0 Å². The molecule has 1 aromatic carbocycles. The van der Waals surface area contributed by atoms with Crippen LogP contribution >= 0.6 is 11.8 Å². The molecule has 0 unspecified atom stereocenters. The first-order valence-electron chi connectivity index (χ1n) is 7.91. The van der Waals surface area contributed by atoms with Gasteiger partial charge in [-0.05, 0) is 26.0 Å².